The highest BCUT2D eigenvalue weighted by atomic mass is 19.1. The van der Waals surface area contributed by atoms with Crippen LogP contribution in [-0.4, -0.2) is 29.1 Å². The number of aliphatic carboxylic acids is 1. The van der Waals surface area contributed by atoms with Crippen molar-refractivity contribution in [1.29, 1.82) is 0 Å². The Balaban J connectivity index is 1.84. The van der Waals surface area contributed by atoms with Gasteiger partial charge in [0, 0.05) is 12.1 Å². The zero-order valence-electron chi connectivity index (χ0n) is 11.7. The van der Waals surface area contributed by atoms with Crippen LogP contribution in [0, 0.1) is 11.7 Å². The van der Waals surface area contributed by atoms with Gasteiger partial charge in [-0.15, -0.1) is 0 Å². The van der Waals surface area contributed by atoms with Crippen LogP contribution in [-0.2, 0) is 9.59 Å². The molecule has 1 amide bonds. The average molecular weight is 295 g/mol. The first-order valence-electron chi connectivity index (χ1n) is 6.91. The van der Waals surface area contributed by atoms with Crippen LogP contribution < -0.4 is 10.1 Å². The largest absolute Gasteiger partial charge is 0.481 e. The van der Waals surface area contributed by atoms with Crippen LogP contribution >= 0.6 is 0 Å². The molecule has 21 heavy (non-hydrogen) atoms. The summed E-state index contributed by atoms with van der Waals surface area (Å²) in [5.74, 6) is -1.69. The molecule has 1 aliphatic rings. The minimum atomic E-state index is -0.823. The molecule has 0 spiro atoms. The van der Waals surface area contributed by atoms with Crippen LogP contribution in [0.1, 0.15) is 26.2 Å². The fraction of sp³-hybridized carbons (Fsp3) is 0.467. The van der Waals surface area contributed by atoms with Gasteiger partial charge in [-0.25, -0.2) is 4.39 Å². The van der Waals surface area contributed by atoms with E-state index < -0.39 is 23.8 Å². The monoisotopic (exact) mass is 295 g/mol. The Labute approximate surface area is 122 Å². The SMILES string of the molecule is CC(Oc1cccc(F)c1)C(=O)N[C@@H]1CC[C@H](C(=O)O)C1. The van der Waals surface area contributed by atoms with E-state index in [2.05, 4.69) is 5.32 Å². The molecule has 0 radical (unpaired) electrons. The molecule has 1 aromatic rings. The van der Waals surface area contributed by atoms with Crippen LogP contribution in [0.4, 0.5) is 4.39 Å². The third-order valence-electron chi connectivity index (χ3n) is 3.61. The van der Waals surface area contributed by atoms with Crippen LogP contribution in [0.5, 0.6) is 5.75 Å². The smallest absolute Gasteiger partial charge is 0.306 e. The summed E-state index contributed by atoms with van der Waals surface area (Å²) in [5.41, 5.74) is 0. The van der Waals surface area contributed by atoms with Gasteiger partial charge in [-0.2, -0.15) is 0 Å². The van der Waals surface area contributed by atoms with Crippen molar-refractivity contribution in [1.82, 2.24) is 5.32 Å². The van der Waals surface area contributed by atoms with Gasteiger partial charge < -0.3 is 15.2 Å². The molecule has 2 rings (SSSR count). The van der Waals surface area contributed by atoms with Gasteiger partial charge in [0.2, 0.25) is 0 Å². The molecule has 2 N–H and O–H groups in total. The second-order valence-electron chi connectivity index (χ2n) is 5.27. The number of ether oxygens (including phenoxy) is 1. The predicted octanol–water partition coefficient (Wildman–Crippen LogP) is 1.96. The van der Waals surface area contributed by atoms with E-state index in [4.69, 9.17) is 9.84 Å². The zero-order chi connectivity index (χ0) is 15.4. The molecule has 5 nitrogen and oxygen atoms in total. The number of halogens is 1. The number of carbonyl (C=O) groups excluding carboxylic acids is 1. The van der Waals surface area contributed by atoms with Crippen molar-refractivity contribution in [2.75, 3.05) is 0 Å². The number of hydrogen-bond donors (Lipinski definition) is 2. The molecule has 3 atom stereocenters. The van der Waals surface area contributed by atoms with Gasteiger partial charge in [0.25, 0.3) is 5.91 Å². The van der Waals surface area contributed by atoms with Crippen molar-refractivity contribution in [3.63, 3.8) is 0 Å². The molecule has 0 aromatic heterocycles. The number of rotatable bonds is 5. The van der Waals surface area contributed by atoms with E-state index in [1.54, 1.807) is 13.0 Å². The Kier molecular flexibility index (Phi) is 4.77. The minimum Gasteiger partial charge on any atom is -0.481 e. The quantitative estimate of drug-likeness (QED) is 0.870. The topological polar surface area (TPSA) is 75.6 Å². The van der Waals surface area contributed by atoms with Crippen LogP contribution in [0.2, 0.25) is 0 Å². The van der Waals surface area contributed by atoms with Gasteiger partial charge in [-0.1, -0.05) is 6.07 Å². The molecule has 0 aliphatic heterocycles. The Morgan fingerprint density at radius 2 is 2.19 bits per heavy atom. The fourth-order valence-electron chi connectivity index (χ4n) is 2.45. The van der Waals surface area contributed by atoms with Crippen LogP contribution in [0.25, 0.3) is 0 Å². The second-order valence-corrected chi connectivity index (χ2v) is 5.27. The fourth-order valence-corrected chi connectivity index (χ4v) is 2.45. The maximum absolute atomic E-state index is 13.0. The lowest BCUT2D eigenvalue weighted by Gasteiger charge is -2.18. The van der Waals surface area contributed by atoms with Gasteiger partial charge in [-0.3, -0.25) is 9.59 Å². The van der Waals surface area contributed by atoms with Gasteiger partial charge >= 0.3 is 5.97 Å². The summed E-state index contributed by atoms with van der Waals surface area (Å²) in [6.45, 7) is 1.57. The van der Waals surface area contributed by atoms with Crippen molar-refractivity contribution < 1.29 is 23.8 Å². The van der Waals surface area contributed by atoms with Crippen molar-refractivity contribution in [3.8, 4) is 5.75 Å². The molecule has 114 valence electrons. The number of nitrogens with one attached hydrogen (secondary N) is 1. The van der Waals surface area contributed by atoms with Gasteiger partial charge in [0.05, 0.1) is 5.92 Å². The minimum absolute atomic E-state index is 0.142. The summed E-state index contributed by atoms with van der Waals surface area (Å²) in [5, 5.41) is 11.7. The Hall–Kier alpha value is -2.11. The highest BCUT2D eigenvalue weighted by Crippen LogP contribution is 2.25. The molecule has 0 heterocycles. The molecule has 0 bridgehead atoms. The number of amides is 1. The van der Waals surface area contributed by atoms with E-state index in [0.717, 1.165) is 0 Å². The highest BCUT2D eigenvalue weighted by molar-refractivity contribution is 5.81. The Bertz CT molecular complexity index is 534. The van der Waals surface area contributed by atoms with Gasteiger partial charge in [-0.05, 0) is 38.3 Å². The standard InChI is InChI=1S/C15H18FNO4/c1-9(21-13-4-2-3-11(16)8-13)14(18)17-12-6-5-10(7-12)15(19)20/h2-4,8-10,12H,5-7H2,1H3,(H,17,18)(H,19,20)/t9?,10-,12+/m0/s1. The summed E-state index contributed by atoms with van der Waals surface area (Å²) < 4.78 is 18.4. The number of carbonyl (C=O) groups is 2. The summed E-state index contributed by atoms with van der Waals surface area (Å²) in [4.78, 5) is 22.9. The third kappa shape index (κ3) is 4.18. The van der Waals surface area contributed by atoms with Crippen LogP contribution in [0.3, 0.4) is 0 Å². The number of benzene rings is 1. The van der Waals surface area contributed by atoms with Crippen molar-refractivity contribution >= 4 is 11.9 Å². The average Bonchev–Trinajstić information content (AvgIpc) is 2.87. The van der Waals surface area contributed by atoms with Crippen molar-refractivity contribution in [2.24, 2.45) is 5.92 Å². The summed E-state index contributed by atoms with van der Waals surface area (Å²) in [7, 11) is 0. The zero-order valence-corrected chi connectivity index (χ0v) is 11.7. The third-order valence-corrected chi connectivity index (χ3v) is 3.61. The van der Waals surface area contributed by atoms with Gasteiger partial charge in [0.15, 0.2) is 6.10 Å². The molecule has 0 saturated heterocycles. The maximum Gasteiger partial charge on any atom is 0.306 e. The summed E-state index contributed by atoms with van der Waals surface area (Å²) >= 11 is 0. The first-order valence-corrected chi connectivity index (χ1v) is 6.91. The van der Waals surface area contributed by atoms with E-state index in [1.165, 1.54) is 18.2 Å². The number of carboxylic acid groups (broad SMARTS) is 1. The number of carboxylic acids is 1. The van der Waals surface area contributed by atoms with E-state index in [-0.39, 0.29) is 17.7 Å². The molecule has 1 aliphatic carbocycles. The lowest BCUT2D eigenvalue weighted by Crippen LogP contribution is -2.41. The van der Waals surface area contributed by atoms with Crippen LogP contribution in [0.15, 0.2) is 24.3 Å². The molecule has 1 fully saturated rings. The lowest BCUT2D eigenvalue weighted by atomic mass is 10.1. The maximum atomic E-state index is 13.0. The molecule has 1 unspecified atom stereocenters. The van der Waals surface area contributed by atoms with E-state index in [0.29, 0.717) is 19.3 Å². The second kappa shape index (κ2) is 6.56. The molecule has 1 aromatic carbocycles. The molecular weight excluding hydrogens is 277 g/mol. The predicted molar refractivity (Wildman–Crippen MR) is 73.4 cm³/mol. The summed E-state index contributed by atoms with van der Waals surface area (Å²) in [6.07, 6.45) is 0.887. The molecule has 1 saturated carbocycles. The molecular formula is C15H18FNO4. The van der Waals surface area contributed by atoms with E-state index >= 15 is 0 Å². The van der Waals surface area contributed by atoms with Crippen molar-refractivity contribution in [3.05, 3.63) is 30.1 Å². The highest BCUT2D eigenvalue weighted by Gasteiger charge is 2.31. The normalized spacial score (nSPS) is 22.6. The summed E-state index contributed by atoms with van der Waals surface area (Å²) in [6, 6.07) is 5.44. The Morgan fingerprint density at radius 3 is 2.81 bits per heavy atom. The number of hydrogen-bond acceptors (Lipinski definition) is 3. The molecule has 6 heteroatoms. The lowest BCUT2D eigenvalue weighted by molar-refractivity contribution is -0.141. The van der Waals surface area contributed by atoms with E-state index in [9.17, 15) is 14.0 Å². The van der Waals surface area contributed by atoms with Gasteiger partial charge in [0.1, 0.15) is 11.6 Å². The first-order chi connectivity index (χ1) is 9.95. The Morgan fingerprint density at radius 1 is 1.43 bits per heavy atom. The van der Waals surface area contributed by atoms with E-state index in [1.807, 2.05) is 0 Å². The first kappa shape index (κ1) is 15.3. The van der Waals surface area contributed by atoms with Crippen molar-refractivity contribution in [2.45, 2.75) is 38.3 Å².